The molecule has 27 heavy (non-hydrogen) atoms. The Hall–Kier alpha value is -2.24. The Bertz CT molecular complexity index is 716. The summed E-state index contributed by atoms with van der Waals surface area (Å²) in [7, 11) is 0. The molecular formula is C21H30N2O4. The van der Waals surface area contributed by atoms with Crippen LogP contribution in [0.2, 0.25) is 0 Å². The SMILES string of the molecule is CC(C)(C)OC(=O)NC1CCN(C(=O)c2cc3c(cc2O)CCCC3)CC1. The van der Waals surface area contributed by atoms with E-state index in [0.29, 0.717) is 31.5 Å². The number of alkyl carbamates (subject to hydrolysis) is 1. The van der Waals surface area contributed by atoms with Gasteiger partial charge in [0.1, 0.15) is 11.4 Å². The molecule has 0 aromatic heterocycles. The molecule has 1 aromatic carbocycles. The van der Waals surface area contributed by atoms with Gasteiger partial charge in [-0.15, -0.1) is 0 Å². The fourth-order valence-corrected chi connectivity index (χ4v) is 3.82. The minimum absolute atomic E-state index is 0.000954. The molecule has 1 saturated heterocycles. The number of nitrogens with zero attached hydrogens (tertiary/aromatic N) is 1. The van der Waals surface area contributed by atoms with Crippen molar-refractivity contribution in [3.8, 4) is 5.75 Å². The third-order valence-electron chi connectivity index (χ3n) is 5.19. The molecule has 1 fully saturated rings. The number of benzene rings is 1. The molecule has 0 radical (unpaired) electrons. The molecule has 1 aliphatic carbocycles. The number of aromatic hydroxyl groups is 1. The molecule has 2 N–H and O–H groups in total. The van der Waals surface area contributed by atoms with Crippen LogP contribution >= 0.6 is 0 Å². The van der Waals surface area contributed by atoms with Crippen LogP contribution in [0, 0.1) is 0 Å². The number of hydrogen-bond acceptors (Lipinski definition) is 4. The molecular weight excluding hydrogens is 344 g/mol. The number of piperidine rings is 1. The van der Waals surface area contributed by atoms with Gasteiger partial charge >= 0.3 is 6.09 Å². The van der Waals surface area contributed by atoms with Gasteiger partial charge in [0.15, 0.2) is 0 Å². The Morgan fingerprint density at radius 2 is 1.70 bits per heavy atom. The van der Waals surface area contributed by atoms with Crippen LogP contribution in [0.25, 0.3) is 0 Å². The summed E-state index contributed by atoms with van der Waals surface area (Å²) >= 11 is 0. The summed E-state index contributed by atoms with van der Waals surface area (Å²) in [4.78, 5) is 26.5. The van der Waals surface area contributed by atoms with Crippen molar-refractivity contribution in [2.75, 3.05) is 13.1 Å². The average Bonchev–Trinajstić information content (AvgIpc) is 2.59. The van der Waals surface area contributed by atoms with E-state index in [1.165, 1.54) is 5.56 Å². The smallest absolute Gasteiger partial charge is 0.407 e. The van der Waals surface area contributed by atoms with Crippen LogP contribution in [-0.2, 0) is 17.6 Å². The lowest BCUT2D eigenvalue weighted by atomic mass is 9.89. The highest BCUT2D eigenvalue weighted by Gasteiger charge is 2.28. The minimum Gasteiger partial charge on any atom is -0.507 e. The summed E-state index contributed by atoms with van der Waals surface area (Å²) < 4.78 is 5.29. The number of likely N-dealkylation sites (tertiary alicyclic amines) is 1. The largest absolute Gasteiger partial charge is 0.507 e. The van der Waals surface area contributed by atoms with Crippen molar-refractivity contribution < 1.29 is 19.4 Å². The minimum atomic E-state index is -0.523. The van der Waals surface area contributed by atoms with E-state index in [2.05, 4.69) is 5.32 Å². The number of nitrogens with one attached hydrogen (secondary N) is 1. The number of carbonyl (C=O) groups is 2. The maximum Gasteiger partial charge on any atom is 0.407 e. The van der Waals surface area contributed by atoms with Gasteiger partial charge in [0.05, 0.1) is 5.56 Å². The lowest BCUT2D eigenvalue weighted by molar-refractivity contribution is 0.0473. The Balaban J connectivity index is 1.58. The van der Waals surface area contributed by atoms with Crippen LogP contribution in [0.4, 0.5) is 4.79 Å². The second-order valence-corrected chi connectivity index (χ2v) is 8.56. The van der Waals surface area contributed by atoms with Crippen LogP contribution < -0.4 is 5.32 Å². The number of carbonyl (C=O) groups excluding carboxylic acids is 2. The van der Waals surface area contributed by atoms with Crippen molar-refractivity contribution in [1.82, 2.24) is 10.2 Å². The van der Waals surface area contributed by atoms with E-state index < -0.39 is 11.7 Å². The van der Waals surface area contributed by atoms with Gasteiger partial charge in [-0.1, -0.05) is 0 Å². The molecule has 1 aliphatic heterocycles. The Morgan fingerprint density at radius 1 is 1.11 bits per heavy atom. The van der Waals surface area contributed by atoms with Crippen LogP contribution in [0.3, 0.4) is 0 Å². The van der Waals surface area contributed by atoms with E-state index in [-0.39, 0.29) is 17.7 Å². The summed E-state index contributed by atoms with van der Waals surface area (Å²) in [6.07, 6.45) is 5.15. The first-order chi connectivity index (χ1) is 12.7. The molecule has 0 bridgehead atoms. The van der Waals surface area contributed by atoms with E-state index in [9.17, 15) is 14.7 Å². The first-order valence-corrected chi connectivity index (χ1v) is 9.86. The number of amides is 2. The second kappa shape index (κ2) is 7.79. The summed E-state index contributed by atoms with van der Waals surface area (Å²) in [6.45, 7) is 6.60. The first-order valence-electron chi connectivity index (χ1n) is 9.86. The van der Waals surface area contributed by atoms with Gasteiger partial charge in [-0.2, -0.15) is 0 Å². The van der Waals surface area contributed by atoms with Crippen LogP contribution in [0.1, 0.15) is 67.9 Å². The Kier molecular flexibility index (Phi) is 5.63. The predicted molar refractivity (Wildman–Crippen MR) is 103 cm³/mol. The van der Waals surface area contributed by atoms with E-state index in [0.717, 1.165) is 31.2 Å². The number of hydrogen-bond donors (Lipinski definition) is 2. The van der Waals surface area contributed by atoms with E-state index in [1.807, 2.05) is 26.8 Å². The summed E-state index contributed by atoms with van der Waals surface area (Å²) in [5.41, 5.74) is 2.22. The molecule has 6 heteroatoms. The van der Waals surface area contributed by atoms with Crippen LogP contribution in [0.5, 0.6) is 5.75 Å². The first kappa shape index (κ1) is 19.5. The van der Waals surface area contributed by atoms with Crippen molar-refractivity contribution in [3.05, 3.63) is 28.8 Å². The zero-order chi connectivity index (χ0) is 19.6. The number of rotatable bonds is 2. The number of ether oxygens (including phenoxy) is 1. The van der Waals surface area contributed by atoms with Crippen LogP contribution in [0.15, 0.2) is 12.1 Å². The molecule has 6 nitrogen and oxygen atoms in total. The maximum atomic E-state index is 12.9. The monoisotopic (exact) mass is 374 g/mol. The van der Waals surface area contributed by atoms with Crippen molar-refractivity contribution in [2.45, 2.75) is 70.9 Å². The van der Waals surface area contributed by atoms with Gasteiger partial charge in [0.2, 0.25) is 0 Å². The van der Waals surface area contributed by atoms with Crippen molar-refractivity contribution in [3.63, 3.8) is 0 Å². The van der Waals surface area contributed by atoms with E-state index >= 15 is 0 Å². The number of phenols is 1. The number of fused-ring (bicyclic) bond motifs is 1. The fourth-order valence-electron chi connectivity index (χ4n) is 3.82. The second-order valence-electron chi connectivity index (χ2n) is 8.56. The molecule has 0 atom stereocenters. The number of aryl methyl sites for hydroxylation is 2. The van der Waals surface area contributed by atoms with Crippen molar-refractivity contribution >= 4 is 12.0 Å². The van der Waals surface area contributed by atoms with Gasteiger partial charge in [0, 0.05) is 19.1 Å². The molecule has 0 unspecified atom stereocenters. The predicted octanol–water partition coefficient (Wildman–Crippen LogP) is 3.40. The third-order valence-corrected chi connectivity index (χ3v) is 5.19. The molecule has 2 aliphatic rings. The molecule has 1 heterocycles. The Labute approximate surface area is 160 Å². The van der Waals surface area contributed by atoms with E-state index in [1.54, 1.807) is 11.0 Å². The van der Waals surface area contributed by atoms with Crippen molar-refractivity contribution in [1.29, 1.82) is 0 Å². The molecule has 0 spiro atoms. The fraction of sp³-hybridized carbons (Fsp3) is 0.619. The summed E-state index contributed by atoms with van der Waals surface area (Å²) in [5.74, 6) is -0.0498. The lowest BCUT2D eigenvalue weighted by Gasteiger charge is -2.33. The maximum absolute atomic E-state index is 12.9. The standard InChI is InChI=1S/C21H30N2O4/c1-21(2,3)27-20(26)22-16-8-10-23(11-9-16)19(25)17-12-14-6-4-5-7-15(14)13-18(17)24/h12-13,16,24H,4-11H2,1-3H3,(H,22,26). The van der Waals surface area contributed by atoms with Gasteiger partial charge in [0.25, 0.3) is 5.91 Å². The Morgan fingerprint density at radius 3 is 2.30 bits per heavy atom. The van der Waals surface area contributed by atoms with Gasteiger partial charge in [-0.05, 0) is 82.6 Å². The highest BCUT2D eigenvalue weighted by atomic mass is 16.6. The quantitative estimate of drug-likeness (QED) is 0.832. The lowest BCUT2D eigenvalue weighted by Crippen LogP contribution is -2.47. The molecule has 0 saturated carbocycles. The molecule has 148 valence electrons. The third kappa shape index (κ3) is 4.93. The summed E-state index contributed by atoms with van der Waals surface area (Å²) in [5, 5.41) is 13.2. The highest BCUT2D eigenvalue weighted by molar-refractivity contribution is 5.97. The molecule has 3 rings (SSSR count). The summed E-state index contributed by atoms with van der Waals surface area (Å²) in [6, 6.07) is 3.64. The van der Waals surface area contributed by atoms with E-state index in [4.69, 9.17) is 4.74 Å². The van der Waals surface area contributed by atoms with Crippen molar-refractivity contribution in [2.24, 2.45) is 0 Å². The average molecular weight is 374 g/mol. The molecule has 2 amide bonds. The highest BCUT2D eigenvalue weighted by Crippen LogP contribution is 2.30. The number of phenolic OH excluding ortho intramolecular Hbond substituents is 1. The zero-order valence-electron chi connectivity index (χ0n) is 16.5. The topological polar surface area (TPSA) is 78.9 Å². The zero-order valence-corrected chi connectivity index (χ0v) is 16.5. The van der Waals surface area contributed by atoms with Gasteiger partial charge in [-0.25, -0.2) is 4.79 Å². The van der Waals surface area contributed by atoms with Gasteiger partial charge in [-0.3, -0.25) is 4.79 Å². The van der Waals surface area contributed by atoms with Crippen LogP contribution in [-0.4, -0.2) is 46.7 Å². The molecule has 1 aromatic rings. The van der Waals surface area contributed by atoms with Gasteiger partial charge < -0.3 is 20.1 Å². The normalized spacial score (nSPS) is 18.0.